The summed E-state index contributed by atoms with van der Waals surface area (Å²) in [7, 11) is 0. The van der Waals surface area contributed by atoms with Gasteiger partial charge in [-0.25, -0.2) is 4.79 Å². The molecule has 3 nitrogen and oxygen atoms in total. The highest BCUT2D eigenvalue weighted by Gasteiger charge is 2.32. The quantitative estimate of drug-likeness (QED) is 0.847. The minimum Gasteiger partial charge on any atom is -0.464 e. The van der Waals surface area contributed by atoms with Gasteiger partial charge < -0.3 is 10.1 Å². The van der Waals surface area contributed by atoms with Crippen LogP contribution < -0.4 is 5.32 Å². The number of esters is 1. The van der Waals surface area contributed by atoms with Gasteiger partial charge in [-0.3, -0.25) is 0 Å². The average Bonchev–Trinajstić information content (AvgIpc) is 2.24. The molecule has 0 bridgehead atoms. The van der Waals surface area contributed by atoms with Crippen LogP contribution in [0.15, 0.2) is 24.3 Å². The van der Waals surface area contributed by atoms with Crippen molar-refractivity contribution in [2.24, 2.45) is 5.41 Å². The summed E-state index contributed by atoms with van der Waals surface area (Å²) in [6.07, 6.45) is 0. The first-order valence-corrected chi connectivity index (χ1v) is 6.41. The molecule has 0 amide bonds. The van der Waals surface area contributed by atoms with Crippen LogP contribution in [0.2, 0.25) is 5.02 Å². The lowest BCUT2D eigenvalue weighted by molar-refractivity contribution is -0.146. The maximum Gasteiger partial charge on any atom is 0.329 e. The Labute approximate surface area is 113 Å². The first-order chi connectivity index (χ1) is 8.34. The third kappa shape index (κ3) is 4.22. The molecule has 1 aromatic carbocycles. The summed E-state index contributed by atoms with van der Waals surface area (Å²) in [4.78, 5) is 12.0. The molecule has 1 N–H and O–H groups in total. The lowest BCUT2D eigenvalue weighted by Gasteiger charge is -2.30. The minimum absolute atomic E-state index is 0.241. The fraction of sp³-hybridized carbons (Fsp3) is 0.500. The molecule has 0 aliphatic carbocycles. The van der Waals surface area contributed by atoms with E-state index in [-0.39, 0.29) is 11.4 Å². The van der Waals surface area contributed by atoms with Gasteiger partial charge in [0, 0.05) is 10.7 Å². The van der Waals surface area contributed by atoms with E-state index < -0.39 is 6.04 Å². The van der Waals surface area contributed by atoms with Gasteiger partial charge in [-0.1, -0.05) is 38.4 Å². The zero-order valence-corrected chi connectivity index (χ0v) is 12.0. The Morgan fingerprint density at radius 3 is 2.61 bits per heavy atom. The molecule has 0 heterocycles. The van der Waals surface area contributed by atoms with Gasteiger partial charge in [-0.2, -0.15) is 0 Å². The van der Waals surface area contributed by atoms with Crippen molar-refractivity contribution in [2.75, 3.05) is 11.9 Å². The maximum atomic E-state index is 12.0. The molecule has 1 rings (SSSR count). The van der Waals surface area contributed by atoms with E-state index in [1.54, 1.807) is 19.1 Å². The van der Waals surface area contributed by atoms with Crippen molar-refractivity contribution >= 4 is 23.3 Å². The standard InChI is InChI=1S/C14H20ClNO2/c1-5-18-13(17)12(14(2,3)4)16-11-8-6-7-10(15)9-11/h6-9,12,16H,5H2,1-4H3. The van der Waals surface area contributed by atoms with Gasteiger partial charge in [0.15, 0.2) is 0 Å². The van der Waals surface area contributed by atoms with Crippen LogP contribution in [0.4, 0.5) is 5.69 Å². The van der Waals surface area contributed by atoms with Crippen molar-refractivity contribution in [1.82, 2.24) is 0 Å². The van der Waals surface area contributed by atoms with E-state index in [1.807, 2.05) is 32.9 Å². The Balaban J connectivity index is 2.89. The van der Waals surface area contributed by atoms with Crippen LogP contribution >= 0.6 is 11.6 Å². The van der Waals surface area contributed by atoms with E-state index >= 15 is 0 Å². The summed E-state index contributed by atoms with van der Waals surface area (Å²) in [6.45, 7) is 8.16. The molecule has 0 spiro atoms. The van der Waals surface area contributed by atoms with E-state index in [0.29, 0.717) is 11.6 Å². The lowest BCUT2D eigenvalue weighted by Crippen LogP contribution is -2.42. The molecule has 0 radical (unpaired) electrons. The lowest BCUT2D eigenvalue weighted by atomic mass is 9.86. The van der Waals surface area contributed by atoms with Gasteiger partial charge in [-0.05, 0) is 30.5 Å². The van der Waals surface area contributed by atoms with Crippen molar-refractivity contribution in [1.29, 1.82) is 0 Å². The number of carbonyl (C=O) groups is 1. The van der Waals surface area contributed by atoms with Gasteiger partial charge in [0.1, 0.15) is 6.04 Å². The summed E-state index contributed by atoms with van der Waals surface area (Å²) in [6, 6.07) is 6.90. The Morgan fingerprint density at radius 1 is 1.44 bits per heavy atom. The van der Waals surface area contributed by atoms with Gasteiger partial charge in [-0.15, -0.1) is 0 Å². The number of hydrogen-bond acceptors (Lipinski definition) is 3. The summed E-state index contributed by atoms with van der Waals surface area (Å²) in [5.74, 6) is -0.245. The largest absolute Gasteiger partial charge is 0.464 e. The minimum atomic E-state index is -0.407. The normalized spacial score (nSPS) is 12.9. The van der Waals surface area contributed by atoms with Gasteiger partial charge in [0.25, 0.3) is 0 Å². The molecule has 0 saturated heterocycles. The third-order valence-electron chi connectivity index (χ3n) is 2.52. The van der Waals surface area contributed by atoms with E-state index in [0.717, 1.165) is 5.69 Å². The first kappa shape index (κ1) is 14.8. The number of benzene rings is 1. The van der Waals surface area contributed by atoms with Crippen LogP contribution in [0.3, 0.4) is 0 Å². The summed E-state index contributed by atoms with van der Waals surface area (Å²) >= 11 is 5.93. The molecule has 4 heteroatoms. The van der Waals surface area contributed by atoms with Crippen LogP contribution in [-0.4, -0.2) is 18.6 Å². The number of nitrogens with one attached hydrogen (secondary N) is 1. The van der Waals surface area contributed by atoms with Crippen LogP contribution in [0.5, 0.6) is 0 Å². The van der Waals surface area contributed by atoms with Crippen LogP contribution in [0.25, 0.3) is 0 Å². The predicted molar refractivity (Wildman–Crippen MR) is 75.0 cm³/mol. The smallest absolute Gasteiger partial charge is 0.329 e. The number of halogens is 1. The second kappa shape index (κ2) is 6.10. The second-order valence-electron chi connectivity index (χ2n) is 5.21. The van der Waals surface area contributed by atoms with Crippen LogP contribution in [0, 0.1) is 5.41 Å². The fourth-order valence-electron chi connectivity index (χ4n) is 1.60. The Kier molecular flexibility index (Phi) is 5.03. The number of anilines is 1. The molecule has 0 aromatic heterocycles. The number of ether oxygens (including phenoxy) is 1. The van der Waals surface area contributed by atoms with Crippen molar-refractivity contribution in [3.05, 3.63) is 29.3 Å². The van der Waals surface area contributed by atoms with Gasteiger partial charge in [0.2, 0.25) is 0 Å². The number of rotatable bonds is 4. The predicted octanol–water partition coefficient (Wildman–Crippen LogP) is 3.73. The molecule has 0 saturated carbocycles. The van der Waals surface area contributed by atoms with E-state index in [4.69, 9.17) is 16.3 Å². The highest BCUT2D eigenvalue weighted by molar-refractivity contribution is 6.30. The number of hydrogen-bond donors (Lipinski definition) is 1. The molecular weight excluding hydrogens is 250 g/mol. The zero-order valence-electron chi connectivity index (χ0n) is 11.3. The molecule has 1 unspecified atom stereocenters. The van der Waals surface area contributed by atoms with E-state index in [9.17, 15) is 4.79 Å². The Bertz CT molecular complexity index is 413. The zero-order chi connectivity index (χ0) is 13.8. The second-order valence-corrected chi connectivity index (χ2v) is 5.64. The molecule has 100 valence electrons. The molecular formula is C14H20ClNO2. The highest BCUT2D eigenvalue weighted by Crippen LogP contribution is 2.25. The van der Waals surface area contributed by atoms with Crippen LogP contribution in [0.1, 0.15) is 27.7 Å². The summed E-state index contributed by atoms with van der Waals surface area (Å²) < 4.78 is 5.10. The molecule has 1 atom stereocenters. The van der Waals surface area contributed by atoms with E-state index in [2.05, 4.69) is 5.32 Å². The average molecular weight is 270 g/mol. The molecule has 1 aromatic rings. The molecule has 18 heavy (non-hydrogen) atoms. The molecule has 0 aliphatic heterocycles. The number of carbonyl (C=O) groups excluding carboxylic acids is 1. The Hall–Kier alpha value is -1.22. The monoisotopic (exact) mass is 269 g/mol. The maximum absolute atomic E-state index is 12.0. The van der Waals surface area contributed by atoms with E-state index in [1.165, 1.54) is 0 Å². The SMILES string of the molecule is CCOC(=O)C(Nc1cccc(Cl)c1)C(C)(C)C. The van der Waals surface area contributed by atoms with Gasteiger partial charge >= 0.3 is 5.97 Å². The van der Waals surface area contributed by atoms with Crippen LogP contribution in [-0.2, 0) is 9.53 Å². The summed E-state index contributed by atoms with van der Waals surface area (Å²) in [5, 5.41) is 3.82. The topological polar surface area (TPSA) is 38.3 Å². The summed E-state index contributed by atoms with van der Waals surface area (Å²) in [5.41, 5.74) is 0.574. The highest BCUT2D eigenvalue weighted by atomic mass is 35.5. The molecule has 0 fully saturated rings. The van der Waals surface area contributed by atoms with Crippen molar-refractivity contribution in [3.63, 3.8) is 0 Å². The Morgan fingerprint density at radius 2 is 2.11 bits per heavy atom. The third-order valence-corrected chi connectivity index (χ3v) is 2.76. The van der Waals surface area contributed by atoms with Crippen molar-refractivity contribution in [2.45, 2.75) is 33.7 Å². The molecule has 0 aliphatic rings. The van der Waals surface area contributed by atoms with Crippen molar-refractivity contribution < 1.29 is 9.53 Å². The first-order valence-electron chi connectivity index (χ1n) is 6.03. The van der Waals surface area contributed by atoms with Gasteiger partial charge in [0.05, 0.1) is 6.61 Å². The van der Waals surface area contributed by atoms with Crippen molar-refractivity contribution in [3.8, 4) is 0 Å². The fourth-order valence-corrected chi connectivity index (χ4v) is 1.79.